The Kier molecular flexibility index (Phi) is 7.29. The topological polar surface area (TPSA) is 44.7 Å². The highest BCUT2D eigenvalue weighted by Gasteiger charge is 2.42. The van der Waals surface area contributed by atoms with Crippen LogP contribution in [0.5, 0.6) is 11.5 Å². The van der Waals surface area contributed by atoms with Crippen molar-refractivity contribution in [2.75, 3.05) is 14.2 Å². The van der Waals surface area contributed by atoms with Crippen LogP contribution in [0.3, 0.4) is 0 Å². The number of halogens is 3. The van der Waals surface area contributed by atoms with Crippen LogP contribution < -0.4 is 25.9 Å². The number of hydrogen-bond acceptors (Lipinski definition) is 6. The lowest BCUT2D eigenvalue weighted by Gasteiger charge is -2.35. The summed E-state index contributed by atoms with van der Waals surface area (Å²) >= 11 is 3.43. The summed E-state index contributed by atoms with van der Waals surface area (Å²) in [5, 5.41) is 3.19. The molecule has 4 nitrogen and oxygen atoms in total. The minimum absolute atomic E-state index is 0.168. The minimum Gasteiger partial charge on any atom is -0.497 e. The average molecular weight is 777 g/mol. The van der Waals surface area contributed by atoms with Crippen LogP contribution in [0.25, 0.3) is 66.1 Å². The molecule has 0 saturated heterocycles. The summed E-state index contributed by atoms with van der Waals surface area (Å²) in [6.45, 7) is 1.87. The van der Waals surface area contributed by atoms with Crippen molar-refractivity contribution in [2.45, 2.75) is 32.7 Å². The van der Waals surface area contributed by atoms with E-state index in [1.54, 1.807) is 49.9 Å². The molecule has 10 heteroatoms. The Labute approximate surface area is 327 Å². The number of alkyl halides is 3. The number of ether oxygens (including phenoxy) is 2. The highest BCUT2D eigenvalue weighted by molar-refractivity contribution is 8.01. The molecular formula is C46H28BF3O4S2. The third kappa shape index (κ3) is 4.78. The molecule has 272 valence electrons. The van der Waals surface area contributed by atoms with Gasteiger partial charge in [0.1, 0.15) is 33.8 Å². The van der Waals surface area contributed by atoms with Crippen molar-refractivity contribution in [1.29, 1.82) is 0 Å². The van der Waals surface area contributed by atoms with E-state index < -0.39 is 11.7 Å². The van der Waals surface area contributed by atoms with Crippen molar-refractivity contribution in [3.8, 4) is 33.8 Å². The second kappa shape index (κ2) is 12.1. The molecular weight excluding hydrogens is 748 g/mol. The second-order valence-electron chi connectivity index (χ2n) is 14.2. The van der Waals surface area contributed by atoms with Crippen molar-refractivity contribution in [1.82, 2.24) is 0 Å². The largest absolute Gasteiger partial charge is 0.497 e. The van der Waals surface area contributed by atoms with Crippen molar-refractivity contribution < 1.29 is 31.5 Å². The molecule has 0 spiro atoms. The van der Waals surface area contributed by atoms with Gasteiger partial charge in [0.05, 0.1) is 19.8 Å². The second-order valence-corrected chi connectivity index (χ2v) is 16.3. The first-order valence-corrected chi connectivity index (χ1v) is 19.7. The molecule has 0 saturated carbocycles. The summed E-state index contributed by atoms with van der Waals surface area (Å²) in [7, 11) is 3.40. The lowest BCUT2D eigenvalue weighted by atomic mass is 9.36. The highest BCUT2D eigenvalue weighted by Crippen LogP contribution is 2.47. The Morgan fingerprint density at radius 2 is 1.05 bits per heavy atom. The highest BCUT2D eigenvalue weighted by atomic mass is 32.2. The van der Waals surface area contributed by atoms with Crippen molar-refractivity contribution >= 4 is 90.5 Å². The van der Waals surface area contributed by atoms with E-state index in [2.05, 4.69) is 67.6 Å². The van der Waals surface area contributed by atoms with E-state index in [0.717, 1.165) is 87.2 Å². The van der Waals surface area contributed by atoms with Crippen LogP contribution in [0.15, 0.2) is 144 Å². The van der Waals surface area contributed by atoms with Gasteiger partial charge in [0, 0.05) is 41.1 Å². The number of benzene rings is 7. The lowest BCUT2D eigenvalue weighted by Crippen LogP contribution is -2.58. The molecule has 0 N–H and O–H groups in total. The Balaban J connectivity index is 1.12. The third-order valence-corrected chi connectivity index (χ3v) is 13.4. The lowest BCUT2D eigenvalue weighted by molar-refractivity contribution is -0.136. The van der Waals surface area contributed by atoms with E-state index in [9.17, 15) is 13.2 Å². The number of aryl methyl sites for hydroxylation is 1. The van der Waals surface area contributed by atoms with Gasteiger partial charge in [-0.05, 0) is 106 Å². The molecule has 0 radical (unpaired) electrons. The van der Waals surface area contributed by atoms with Gasteiger partial charge >= 0.3 is 6.18 Å². The van der Waals surface area contributed by atoms with Gasteiger partial charge in [-0.15, -0.1) is 0 Å². The van der Waals surface area contributed by atoms with E-state index in [0.29, 0.717) is 22.1 Å². The number of rotatable bonds is 4. The smallest absolute Gasteiger partial charge is 0.420 e. The van der Waals surface area contributed by atoms with E-state index in [4.69, 9.17) is 18.3 Å². The number of hydrogen-bond donors (Lipinski definition) is 0. The maximum Gasteiger partial charge on any atom is 0.420 e. The van der Waals surface area contributed by atoms with Crippen molar-refractivity contribution in [3.05, 3.63) is 126 Å². The van der Waals surface area contributed by atoms with Crippen molar-refractivity contribution in [2.24, 2.45) is 0 Å². The minimum atomic E-state index is -4.55. The first-order chi connectivity index (χ1) is 27.2. The standard InChI is InChI=1S/C46H28BF3O4S2/c1-23-9-4-12-28-39-26(10-6-15-31(39)53-44(23)28)24-19-33(51-2)41-37(21-24)55-35-17-8-18-36-43(35)47(41)42-34(52-3)20-25(22-38(42)56-36)27-11-7-16-32-40(27)29-13-5-14-30(45(29)54-32)46(48,49)50/h4-22H,1-3H3. The van der Waals surface area contributed by atoms with E-state index in [-0.39, 0.29) is 12.3 Å². The molecule has 0 unspecified atom stereocenters. The fourth-order valence-electron chi connectivity index (χ4n) is 8.79. The van der Waals surface area contributed by atoms with Gasteiger partial charge in [-0.2, -0.15) is 13.2 Å². The summed E-state index contributed by atoms with van der Waals surface area (Å²) in [5.74, 6) is 1.46. The summed E-state index contributed by atoms with van der Waals surface area (Å²) < 4.78 is 67.1. The Morgan fingerprint density at radius 1 is 0.554 bits per heavy atom. The third-order valence-electron chi connectivity index (χ3n) is 11.1. The van der Waals surface area contributed by atoms with Gasteiger partial charge in [0.2, 0.25) is 0 Å². The molecule has 7 aromatic carbocycles. The molecule has 0 bridgehead atoms. The summed E-state index contributed by atoms with van der Waals surface area (Å²) in [4.78, 5) is 4.40. The normalized spacial score (nSPS) is 13.4. The van der Waals surface area contributed by atoms with E-state index in [1.165, 1.54) is 16.4 Å². The van der Waals surface area contributed by atoms with Crippen LogP contribution in [-0.2, 0) is 6.18 Å². The van der Waals surface area contributed by atoms with Gasteiger partial charge in [0.15, 0.2) is 0 Å². The molecule has 0 aliphatic carbocycles. The Bertz CT molecular complexity index is 3150. The van der Waals surface area contributed by atoms with Crippen LogP contribution in [-0.4, -0.2) is 20.9 Å². The maximum absolute atomic E-state index is 14.1. The summed E-state index contributed by atoms with van der Waals surface area (Å²) in [6.07, 6.45) is -4.55. The fraction of sp³-hybridized carbons (Fsp3) is 0.0870. The monoisotopic (exact) mass is 776 g/mol. The van der Waals surface area contributed by atoms with Crippen LogP contribution in [0.2, 0.25) is 0 Å². The molecule has 9 aromatic rings. The van der Waals surface area contributed by atoms with Crippen molar-refractivity contribution in [3.63, 3.8) is 0 Å². The first-order valence-electron chi connectivity index (χ1n) is 18.1. The molecule has 11 rings (SSSR count). The quantitative estimate of drug-likeness (QED) is 0.166. The van der Waals surface area contributed by atoms with Gasteiger partial charge in [-0.25, -0.2) is 0 Å². The van der Waals surface area contributed by atoms with Crippen LogP contribution in [0, 0.1) is 6.92 Å². The maximum atomic E-state index is 14.1. The number of fused-ring (bicyclic) bond motifs is 10. The van der Waals surface area contributed by atoms with Crippen LogP contribution in [0.4, 0.5) is 13.2 Å². The zero-order chi connectivity index (χ0) is 38.0. The fourth-order valence-corrected chi connectivity index (χ4v) is 11.3. The summed E-state index contributed by atoms with van der Waals surface area (Å²) in [6, 6.07) is 37.1. The van der Waals surface area contributed by atoms with E-state index in [1.807, 2.05) is 30.3 Å². The molecule has 2 aliphatic heterocycles. The van der Waals surface area contributed by atoms with Crippen LogP contribution >= 0.6 is 23.5 Å². The van der Waals surface area contributed by atoms with Crippen LogP contribution in [0.1, 0.15) is 11.1 Å². The number of furan rings is 2. The van der Waals surface area contributed by atoms with Gasteiger partial charge in [0.25, 0.3) is 6.71 Å². The zero-order valence-corrected chi connectivity index (χ0v) is 31.8. The predicted octanol–water partition coefficient (Wildman–Crippen LogP) is 11.6. The molecule has 0 fully saturated rings. The van der Waals surface area contributed by atoms with E-state index >= 15 is 0 Å². The SMILES string of the molecule is COc1cc(-c2cccc3oc4c(C)cccc4c23)cc2c1B1c3c(OC)cc(-c4cccc5oc6c(C(F)(F)F)cccc6c45)cc3Sc3cccc(c31)S2. The number of methoxy groups -OCH3 is 2. The summed E-state index contributed by atoms with van der Waals surface area (Å²) in [5.41, 5.74) is 9.23. The Hall–Kier alpha value is -5.71. The molecule has 0 amide bonds. The average Bonchev–Trinajstić information content (AvgIpc) is 3.79. The number of para-hydroxylation sites is 2. The van der Waals surface area contributed by atoms with Gasteiger partial charge in [-0.1, -0.05) is 84.2 Å². The molecule has 2 aromatic heterocycles. The predicted molar refractivity (Wildman–Crippen MR) is 220 cm³/mol. The van der Waals surface area contributed by atoms with Gasteiger partial charge < -0.3 is 18.3 Å². The molecule has 2 aliphatic rings. The molecule has 4 heterocycles. The molecule has 0 atom stereocenters. The zero-order valence-electron chi connectivity index (χ0n) is 30.1. The molecule has 56 heavy (non-hydrogen) atoms. The Morgan fingerprint density at radius 3 is 1.61 bits per heavy atom. The van der Waals surface area contributed by atoms with Gasteiger partial charge in [-0.3, -0.25) is 0 Å². The first kappa shape index (κ1) is 33.6.